The van der Waals surface area contributed by atoms with Crippen LogP contribution in [0, 0.1) is 0 Å². The summed E-state index contributed by atoms with van der Waals surface area (Å²) in [4.78, 5) is 11.8. The van der Waals surface area contributed by atoms with Gasteiger partial charge < -0.3 is 11.1 Å². The van der Waals surface area contributed by atoms with Crippen LogP contribution in [0.15, 0.2) is 58.3 Å². The third-order valence-corrected chi connectivity index (χ3v) is 3.42. The van der Waals surface area contributed by atoms with Gasteiger partial charge >= 0.3 is 0 Å². The van der Waals surface area contributed by atoms with Crippen molar-refractivity contribution in [3.8, 4) is 0 Å². The maximum absolute atomic E-state index is 9.22. The minimum Gasteiger partial charge on any atom is -0.370 e. The molecule has 0 saturated heterocycles. The highest BCUT2D eigenvalue weighted by Crippen LogP contribution is 2.43. The highest BCUT2D eigenvalue weighted by Gasteiger charge is 2.13. The Morgan fingerprint density at radius 1 is 1.00 bits per heavy atom. The van der Waals surface area contributed by atoms with Crippen LogP contribution in [0.4, 0.5) is 11.4 Å². The molecule has 0 aromatic heterocycles. The number of hydrogen-bond acceptors (Lipinski definition) is 3. The summed E-state index contributed by atoms with van der Waals surface area (Å²) in [5.41, 5.74) is 6.88. The lowest BCUT2D eigenvalue weighted by Gasteiger charge is -2.19. The zero-order valence-corrected chi connectivity index (χ0v) is 10.8. The van der Waals surface area contributed by atoms with Gasteiger partial charge in [-0.1, -0.05) is 36.0 Å². The highest BCUT2D eigenvalue weighted by atomic mass is 32.2. The second-order valence-corrected chi connectivity index (χ2v) is 4.91. The molecule has 0 unspecified atom stereocenters. The molecule has 3 rings (SSSR count). The predicted octanol–water partition coefficient (Wildman–Crippen LogP) is 3.39. The van der Waals surface area contributed by atoms with E-state index < -0.39 is 0 Å². The number of para-hydroxylation sites is 2. The Hall–Kier alpha value is -1.94. The molecule has 1 amide bonds. The van der Waals surface area contributed by atoms with Crippen molar-refractivity contribution in [2.75, 3.05) is 5.32 Å². The summed E-state index contributed by atoms with van der Waals surface area (Å²) >= 11 is 1.82. The van der Waals surface area contributed by atoms with E-state index in [2.05, 4.69) is 59.6 Å². The van der Waals surface area contributed by atoms with E-state index in [0.29, 0.717) is 0 Å². The third kappa shape index (κ3) is 3.05. The predicted molar refractivity (Wildman–Crippen MR) is 75.2 cm³/mol. The summed E-state index contributed by atoms with van der Waals surface area (Å²) in [6.45, 7) is 1.31. The van der Waals surface area contributed by atoms with Crippen LogP contribution < -0.4 is 11.1 Å². The number of benzene rings is 2. The molecule has 0 bridgehead atoms. The molecule has 2 aromatic carbocycles. The normalized spacial score (nSPS) is 11.2. The van der Waals surface area contributed by atoms with Crippen LogP contribution in [0.3, 0.4) is 0 Å². The molecule has 18 heavy (non-hydrogen) atoms. The number of fused-ring (bicyclic) bond motifs is 2. The molecule has 4 heteroatoms. The Morgan fingerprint density at radius 2 is 1.39 bits per heavy atom. The minimum absolute atomic E-state index is 0.333. The lowest BCUT2D eigenvalue weighted by molar-refractivity contribution is -0.115. The van der Waals surface area contributed by atoms with Gasteiger partial charge in [0.15, 0.2) is 0 Å². The van der Waals surface area contributed by atoms with E-state index in [1.54, 1.807) is 0 Å². The number of hydrogen-bond donors (Lipinski definition) is 2. The number of rotatable bonds is 0. The Bertz CT molecular complexity index is 478. The van der Waals surface area contributed by atoms with E-state index in [4.69, 9.17) is 0 Å². The van der Waals surface area contributed by atoms with Gasteiger partial charge in [0.25, 0.3) is 0 Å². The summed E-state index contributed by atoms with van der Waals surface area (Å²) < 4.78 is 0. The quantitative estimate of drug-likeness (QED) is 0.650. The summed E-state index contributed by atoms with van der Waals surface area (Å²) in [5.74, 6) is -0.333. The van der Waals surface area contributed by atoms with Crippen molar-refractivity contribution in [2.24, 2.45) is 5.73 Å². The molecule has 1 aliphatic heterocycles. The average Bonchev–Trinajstić information content (AvgIpc) is 2.35. The second-order valence-electron chi connectivity index (χ2n) is 3.83. The van der Waals surface area contributed by atoms with Gasteiger partial charge in [-0.25, -0.2) is 0 Å². The Balaban J connectivity index is 0.000000267. The first-order valence-electron chi connectivity index (χ1n) is 5.56. The summed E-state index contributed by atoms with van der Waals surface area (Å²) in [6, 6.07) is 16.8. The largest absolute Gasteiger partial charge is 0.370 e. The molecule has 1 aliphatic rings. The fraction of sp³-hybridized carbons (Fsp3) is 0.0714. The van der Waals surface area contributed by atoms with E-state index in [1.807, 2.05) is 11.8 Å². The number of nitrogens with one attached hydrogen (secondary N) is 1. The maximum atomic E-state index is 9.22. The van der Waals surface area contributed by atoms with Gasteiger partial charge in [-0.3, -0.25) is 4.79 Å². The van der Waals surface area contributed by atoms with Crippen molar-refractivity contribution in [1.29, 1.82) is 0 Å². The maximum Gasteiger partial charge on any atom is 0.214 e. The zero-order chi connectivity index (χ0) is 13.0. The van der Waals surface area contributed by atoms with Gasteiger partial charge in [0.1, 0.15) is 0 Å². The van der Waals surface area contributed by atoms with Crippen molar-refractivity contribution >= 4 is 29.0 Å². The third-order valence-electron chi connectivity index (χ3n) is 2.26. The van der Waals surface area contributed by atoms with E-state index in [0.717, 1.165) is 0 Å². The first-order valence-corrected chi connectivity index (χ1v) is 6.37. The van der Waals surface area contributed by atoms with Crippen LogP contribution in [-0.4, -0.2) is 5.91 Å². The molecule has 1 heterocycles. The van der Waals surface area contributed by atoms with E-state index in [9.17, 15) is 4.79 Å². The number of primary amides is 1. The van der Waals surface area contributed by atoms with E-state index in [1.165, 1.54) is 28.1 Å². The van der Waals surface area contributed by atoms with Crippen LogP contribution in [0.1, 0.15) is 6.92 Å². The molecule has 0 fully saturated rings. The molecule has 0 radical (unpaired) electrons. The SMILES string of the molecule is CC(N)=O.c1ccc2c(c1)Nc1ccccc1S2. The molecule has 92 valence electrons. The monoisotopic (exact) mass is 258 g/mol. The molecular formula is C14H14N2OS. The van der Waals surface area contributed by atoms with E-state index in [-0.39, 0.29) is 5.91 Å². The molecule has 0 aliphatic carbocycles. The van der Waals surface area contributed by atoms with Gasteiger partial charge in [-0.05, 0) is 24.3 Å². The van der Waals surface area contributed by atoms with Gasteiger partial charge in [0.2, 0.25) is 5.91 Å². The van der Waals surface area contributed by atoms with Gasteiger partial charge in [0, 0.05) is 16.7 Å². The molecule has 0 saturated carbocycles. The van der Waals surface area contributed by atoms with Crippen molar-refractivity contribution in [3.05, 3.63) is 48.5 Å². The minimum atomic E-state index is -0.333. The smallest absolute Gasteiger partial charge is 0.214 e. The fourth-order valence-electron chi connectivity index (χ4n) is 1.58. The van der Waals surface area contributed by atoms with Gasteiger partial charge in [-0.15, -0.1) is 0 Å². The van der Waals surface area contributed by atoms with Crippen LogP contribution in [0.25, 0.3) is 0 Å². The molecule has 3 nitrogen and oxygen atoms in total. The fourth-order valence-corrected chi connectivity index (χ4v) is 2.57. The number of anilines is 2. The molecule has 3 N–H and O–H groups in total. The first-order chi connectivity index (χ1) is 8.66. The molecule has 0 atom stereocenters. The molecule has 2 aromatic rings. The number of amides is 1. The van der Waals surface area contributed by atoms with Crippen molar-refractivity contribution < 1.29 is 4.79 Å². The summed E-state index contributed by atoms with van der Waals surface area (Å²) in [5, 5.41) is 3.42. The Morgan fingerprint density at radius 3 is 1.83 bits per heavy atom. The first kappa shape index (κ1) is 12.5. The van der Waals surface area contributed by atoms with Crippen LogP contribution >= 0.6 is 11.8 Å². The van der Waals surface area contributed by atoms with Crippen molar-refractivity contribution in [1.82, 2.24) is 0 Å². The topological polar surface area (TPSA) is 55.1 Å². The van der Waals surface area contributed by atoms with Crippen molar-refractivity contribution in [2.45, 2.75) is 16.7 Å². The average molecular weight is 258 g/mol. The number of carbonyl (C=O) groups excluding carboxylic acids is 1. The molecular weight excluding hydrogens is 244 g/mol. The highest BCUT2D eigenvalue weighted by molar-refractivity contribution is 7.99. The summed E-state index contributed by atoms with van der Waals surface area (Å²) in [7, 11) is 0. The molecule has 0 spiro atoms. The van der Waals surface area contributed by atoms with Crippen LogP contribution in [-0.2, 0) is 4.79 Å². The summed E-state index contributed by atoms with van der Waals surface area (Å²) in [6.07, 6.45) is 0. The second kappa shape index (κ2) is 5.60. The van der Waals surface area contributed by atoms with Gasteiger partial charge in [-0.2, -0.15) is 0 Å². The lowest BCUT2D eigenvalue weighted by atomic mass is 10.2. The lowest BCUT2D eigenvalue weighted by Crippen LogP contribution is -2.01. The van der Waals surface area contributed by atoms with Crippen LogP contribution in [0.2, 0.25) is 0 Å². The Kier molecular flexibility index (Phi) is 3.89. The standard InChI is InChI=1S/C12H9NS.C2H5NO/c1-3-7-11-9(5-1)13-10-6-2-4-8-12(10)14-11;1-2(3)4/h1-8,13H;1H3,(H2,3,4). The zero-order valence-electron chi connectivity index (χ0n) is 10.0. The van der Waals surface area contributed by atoms with Gasteiger partial charge in [0.05, 0.1) is 11.4 Å². The van der Waals surface area contributed by atoms with Crippen molar-refractivity contribution in [3.63, 3.8) is 0 Å². The van der Waals surface area contributed by atoms with E-state index >= 15 is 0 Å². The number of carbonyl (C=O) groups is 1. The number of nitrogens with two attached hydrogens (primary N) is 1. The Labute approximate surface area is 110 Å². The van der Waals surface area contributed by atoms with Crippen LogP contribution in [0.5, 0.6) is 0 Å².